The van der Waals surface area contributed by atoms with Gasteiger partial charge in [-0.15, -0.1) is 11.3 Å². The van der Waals surface area contributed by atoms with Crippen LogP contribution in [0.3, 0.4) is 0 Å². The van der Waals surface area contributed by atoms with Crippen LogP contribution in [0.2, 0.25) is 0 Å². The lowest BCUT2D eigenvalue weighted by molar-refractivity contribution is -0.149. The molecule has 1 saturated heterocycles. The van der Waals surface area contributed by atoms with Crippen molar-refractivity contribution in [1.29, 1.82) is 0 Å². The van der Waals surface area contributed by atoms with Gasteiger partial charge in [-0.3, -0.25) is 28.9 Å². The Morgan fingerprint density at radius 2 is 1.73 bits per heavy atom. The number of aliphatic carboxylic acids is 1. The number of ketones is 1. The number of ether oxygens (including phenoxy) is 1. The van der Waals surface area contributed by atoms with Gasteiger partial charge in [-0.1, -0.05) is 34.1 Å². The number of aromatic nitrogens is 1. The maximum absolute atomic E-state index is 14.0. The van der Waals surface area contributed by atoms with Crippen molar-refractivity contribution in [3.8, 4) is 0 Å². The molecule has 2 aliphatic rings. The van der Waals surface area contributed by atoms with Gasteiger partial charge in [0.05, 0.1) is 12.0 Å². The molecular formula is C33H52N4O7S. The van der Waals surface area contributed by atoms with Gasteiger partial charge in [0.1, 0.15) is 10.7 Å². The molecule has 2 fully saturated rings. The summed E-state index contributed by atoms with van der Waals surface area (Å²) in [5.41, 5.74) is 0.212. The minimum absolute atomic E-state index is 0.00802. The summed E-state index contributed by atoms with van der Waals surface area (Å²) >= 11 is 1.22. The molecule has 11 nitrogen and oxygen atoms in total. The average Bonchev–Trinajstić information content (AvgIpc) is 3.48. The monoisotopic (exact) mass is 648 g/mol. The molecule has 0 spiro atoms. The number of amides is 2. The lowest BCUT2D eigenvalue weighted by Gasteiger charge is -2.37. The van der Waals surface area contributed by atoms with Crippen LogP contribution in [0.15, 0.2) is 5.38 Å². The van der Waals surface area contributed by atoms with Crippen LogP contribution in [0.4, 0.5) is 0 Å². The quantitative estimate of drug-likeness (QED) is 0.274. The van der Waals surface area contributed by atoms with E-state index in [2.05, 4.69) is 15.2 Å². The number of Topliss-reactive ketones (excluding diaryl/α,β-unsaturated/α-hetero) is 1. The molecule has 45 heavy (non-hydrogen) atoms. The van der Waals surface area contributed by atoms with E-state index in [4.69, 9.17) is 4.74 Å². The summed E-state index contributed by atoms with van der Waals surface area (Å²) in [5.74, 6) is -2.49. The molecule has 2 amide bonds. The van der Waals surface area contributed by atoms with Crippen molar-refractivity contribution in [3.05, 3.63) is 16.1 Å². The van der Waals surface area contributed by atoms with E-state index in [0.717, 1.165) is 25.8 Å². The third kappa shape index (κ3) is 10.1. The summed E-state index contributed by atoms with van der Waals surface area (Å²) in [4.78, 5) is 72.1. The van der Waals surface area contributed by atoms with E-state index in [1.54, 1.807) is 17.3 Å². The second-order valence-electron chi connectivity index (χ2n) is 13.5. The van der Waals surface area contributed by atoms with Crippen molar-refractivity contribution < 1.29 is 33.8 Å². The minimum Gasteiger partial charge on any atom is -0.481 e. The third-order valence-corrected chi connectivity index (χ3v) is 10.4. The molecule has 1 aromatic heterocycles. The molecule has 252 valence electrons. The average molecular weight is 649 g/mol. The first-order valence-electron chi connectivity index (χ1n) is 16.3. The van der Waals surface area contributed by atoms with E-state index in [1.165, 1.54) is 18.3 Å². The lowest BCUT2D eigenvalue weighted by atomic mass is 9.84. The molecule has 2 N–H and O–H groups in total. The molecule has 2 heterocycles. The number of nitrogens with zero attached hydrogens (tertiary/aromatic N) is 3. The second kappa shape index (κ2) is 16.6. The van der Waals surface area contributed by atoms with Crippen LogP contribution in [0.1, 0.15) is 114 Å². The zero-order valence-electron chi connectivity index (χ0n) is 27.9. The Balaban J connectivity index is 1.72. The van der Waals surface area contributed by atoms with Crippen molar-refractivity contribution in [2.45, 2.75) is 117 Å². The summed E-state index contributed by atoms with van der Waals surface area (Å²) in [7, 11) is 3.73. The second-order valence-corrected chi connectivity index (χ2v) is 14.4. The molecule has 3 rings (SSSR count). The highest BCUT2D eigenvalue weighted by molar-refractivity contribution is 7.09. The zero-order valence-corrected chi connectivity index (χ0v) is 28.7. The van der Waals surface area contributed by atoms with Gasteiger partial charge in [-0.05, 0) is 64.0 Å². The smallest absolute Gasteiger partial charge is 0.306 e. The number of hydrogen-bond acceptors (Lipinski definition) is 9. The van der Waals surface area contributed by atoms with Crippen molar-refractivity contribution in [1.82, 2.24) is 20.1 Å². The molecular weight excluding hydrogens is 596 g/mol. The lowest BCUT2D eigenvalue weighted by Crippen LogP contribution is -2.48. The first-order chi connectivity index (χ1) is 21.2. The Bertz CT molecular complexity index is 1190. The standard InChI is InChI=1S/C33H52N4O7S/c1-19(2)24(16-28(39)26-10-8-9-15-36(26)6)32(41)37(7)27(20(3)4)17-29(44-21(5)38)31-35-25(18-45-31)30(40)34-23-13-11-22(12-14-23)33(42)43/h18-20,22-24,26-27,29H,8-17H2,1-7H3,(H,34,40)(H,42,43)/t22?,23?,24-,26+,27+,29+/m0/s1. The molecule has 0 unspecified atom stereocenters. The fourth-order valence-corrected chi connectivity index (χ4v) is 7.49. The number of nitrogens with one attached hydrogen (secondary N) is 1. The Morgan fingerprint density at radius 1 is 1.07 bits per heavy atom. The van der Waals surface area contributed by atoms with E-state index in [9.17, 15) is 29.1 Å². The largest absolute Gasteiger partial charge is 0.481 e. The maximum Gasteiger partial charge on any atom is 0.306 e. The molecule has 0 aromatic carbocycles. The Kier molecular flexibility index (Phi) is 13.5. The highest BCUT2D eigenvalue weighted by atomic mass is 32.1. The SMILES string of the molecule is CC(=O)O[C@H](C[C@H](C(C)C)N(C)C(=O)[C@@H](CC(=O)[C@H]1CCCCN1C)C(C)C)c1nc(C(=O)NC2CCC(C(=O)O)CC2)cs1. The molecule has 1 saturated carbocycles. The van der Waals surface area contributed by atoms with Crippen LogP contribution in [0.25, 0.3) is 0 Å². The third-order valence-electron chi connectivity index (χ3n) is 9.51. The van der Waals surface area contributed by atoms with E-state index < -0.39 is 24.0 Å². The highest BCUT2D eigenvalue weighted by Crippen LogP contribution is 2.32. The molecule has 12 heteroatoms. The normalized spacial score (nSPS) is 22.8. The van der Waals surface area contributed by atoms with Gasteiger partial charge in [0.2, 0.25) is 5.91 Å². The van der Waals surface area contributed by atoms with Gasteiger partial charge < -0.3 is 20.1 Å². The number of carbonyl (C=O) groups excluding carboxylic acids is 4. The minimum atomic E-state index is -0.798. The number of piperidine rings is 1. The van der Waals surface area contributed by atoms with Gasteiger partial charge in [-0.2, -0.15) is 0 Å². The van der Waals surface area contributed by atoms with Gasteiger partial charge in [0.15, 0.2) is 11.9 Å². The summed E-state index contributed by atoms with van der Waals surface area (Å²) in [5, 5.41) is 14.3. The van der Waals surface area contributed by atoms with Crippen LogP contribution in [0, 0.1) is 23.7 Å². The number of esters is 1. The summed E-state index contributed by atoms with van der Waals surface area (Å²) in [6.07, 6.45) is 4.85. The number of carbonyl (C=O) groups is 5. The maximum atomic E-state index is 14.0. The van der Waals surface area contributed by atoms with Gasteiger partial charge in [-0.25, -0.2) is 4.98 Å². The number of likely N-dealkylation sites (N-methyl/N-ethyl adjacent to an activating group) is 1. The van der Waals surface area contributed by atoms with Gasteiger partial charge in [0.25, 0.3) is 5.91 Å². The first kappa shape index (κ1) is 36.6. The topological polar surface area (TPSA) is 146 Å². The molecule has 0 bridgehead atoms. The molecule has 1 aliphatic carbocycles. The van der Waals surface area contributed by atoms with Crippen LogP contribution in [-0.2, 0) is 23.9 Å². The fraction of sp³-hybridized carbons (Fsp3) is 0.758. The van der Waals surface area contributed by atoms with E-state index in [1.807, 2.05) is 34.7 Å². The van der Waals surface area contributed by atoms with Crippen LogP contribution in [0.5, 0.6) is 0 Å². The first-order valence-corrected chi connectivity index (χ1v) is 17.2. The number of thiazole rings is 1. The molecule has 4 atom stereocenters. The van der Waals surface area contributed by atoms with Crippen LogP contribution < -0.4 is 5.32 Å². The summed E-state index contributed by atoms with van der Waals surface area (Å²) < 4.78 is 5.71. The molecule has 0 radical (unpaired) electrons. The van der Waals surface area contributed by atoms with Crippen molar-refractivity contribution in [2.75, 3.05) is 20.6 Å². The Morgan fingerprint density at radius 3 is 2.29 bits per heavy atom. The summed E-state index contributed by atoms with van der Waals surface area (Å²) in [6, 6.07) is -0.587. The predicted octanol–water partition coefficient (Wildman–Crippen LogP) is 4.71. The summed E-state index contributed by atoms with van der Waals surface area (Å²) in [6.45, 7) is 10.2. The molecule has 1 aliphatic heterocycles. The number of rotatable bonds is 14. The van der Waals surface area contributed by atoms with E-state index >= 15 is 0 Å². The fourth-order valence-electron chi connectivity index (χ4n) is 6.65. The van der Waals surface area contributed by atoms with Crippen molar-refractivity contribution >= 4 is 40.9 Å². The van der Waals surface area contributed by atoms with Gasteiger partial charge >= 0.3 is 11.9 Å². The number of likely N-dealkylation sites (tertiary alicyclic amines) is 1. The Hall–Kier alpha value is -2.86. The van der Waals surface area contributed by atoms with E-state index in [0.29, 0.717) is 30.7 Å². The predicted molar refractivity (Wildman–Crippen MR) is 172 cm³/mol. The number of carboxylic acid groups (broad SMARTS) is 1. The molecule has 1 aromatic rings. The van der Waals surface area contributed by atoms with Crippen molar-refractivity contribution in [2.24, 2.45) is 23.7 Å². The van der Waals surface area contributed by atoms with E-state index in [-0.39, 0.29) is 72.0 Å². The Labute approximate surface area is 271 Å². The number of carboxylic acids is 1. The van der Waals surface area contributed by atoms with Crippen LogP contribution >= 0.6 is 11.3 Å². The highest BCUT2D eigenvalue weighted by Gasteiger charge is 2.37. The van der Waals surface area contributed by atoms with Gasteiger partial charge in [0, 0.05) is 50.2 Å². The number of hydrogen-bond donors (Lipinski definition) is 2. The van der Waals surface area contributed by atoms with Crippen molar-refractivity contribution in [3.63, 3.8) is 0 Å². The zero-order chi connectivity index (χ0) is 33.4. The van der Waals surface area contributed by atoms with Crippen LogP contribution in [-0.4, -0.2) is 88.2 Å².